The van der Waals surface area contributed by atoms with Crippen LogP contribution in [0.2, 0.25) is 10.0 Å². The number of rotatable bonds is 6. The molecule has 2 N–H and O–H groups in total. The third-order valence-electron chi connectivity index (χ3n) is 3.34. The lowest BCUT2D eigenvalue weighted by molar-refractivity contribution is 0.239. The van der Waals surface area contributed by atoms with Gasteiger partial charge in [-0.05, 0) is 31.2 Å². The van der Waals surface area contributed by atoms with Gasteiger partial charge in [0.1, 0.15) is 4.90 Å². The molecule has 2 rings (SSSR count). The molecule has 1 saturated heterocycles. The van der Waals surface area contributed by atoms with Gasteiger partial charge in [0.15, 0.2) is 0 Å². The Kier molecular flexibility index (Phi) is 11.0. The molecule has 0 spiro atoms. The van der Waals surface area contributed by atoms with Gasteiger partial charge >= 0.3 is 0 Å². The van der Waals surface area contributed by atoms with Crippen molar-refractivity contribution in [2.75, 3.05) is 39.3 Å². The third kappa shape index (κ3) is 7.32. The fourth-order valence-electron chi connectivity index (χ4n) is 2.21. The number of halogens is 4. The van der Waals surface area contributed by atoms with Crippen molar-refractivity contribution in [2.45, 2.75) is 11.3 Å². The highest BCUT2D eigenvalue weighted by Gasteiger charge is 2.17. The molecule has 134 valence electrons. The molecule has 0 atom stereocenters. The fraction of sp³-hybridized carbons (Fsp3) is 0.538. The molecule has 1 aromatic carbocycles. The minimum atomic E-state index is -3.58. The second kappa shape index (κ2) is 10.9. The van der Waals surface area contributed by atoms with Gasteiger partial charge in [-0.25, -0.2) is 13.1 Å². The van der Waals surface area contributed by atoms with Crippen LogP contribution < -0.4 is 10.0 Å². The molecule has 1 aliphatic heterocycles. The zero-order valence-corrected chi connectivity index (χ0v) is 16.4. The van der Waals surface area contributed by atoms with E-state index in [1.54, 1.807) is 0 Å². The average molecular weight is 425 g/mol. The zero-order valence-electron chi connectivity index (χ0n) is 12.4. The number of nitrogens with one attached hydrogen (secondary N) is 2. The van der Waals surface area contributed by atoms with Gasteiger partial charge in [0.25, 0.3) is 0 Å². The number of nitrogens with zero attached hydrogens (tertiary/aromatic N) is 1. The van der Waals surface area contributed by atoms with Crippen LogP contribution in [0, 0.1) is 0 Å². The number of piperazine rings is 1. The second-order valence-electron chi connectivity index (χ2n) is 4.92. The van der Waals surface area contributed by atoms with Crippen LogP contribution >= 0.6 is 48.0 Å². The normalized spacial score (nSPS) is 15.6. The fourth-order valence-corrected chi connectivity index (χ4v) is 4.06. The van der Waals surface area contributed by atoms with E-state index in [-0.39, 0.29) is 34.7 Å². The van der Waals surface area contributed by atoms with Crippen LogP contribution in [-0.4, -0.2) is 52.6 Å². The van der Waals surface area contributed by atoms with Gasteiger partial charge < -0.3 is 10.2 Å². The summed E-state index contributed by atoms with van der Waals surface area (Å²) in [7, 11) is -3.58. The smallest absolute Gasteiger partial charge is 0.242 e. The Morgan fingerprint density at radius 1 is 1.17 bits per heavy atom. The van der Waals surface area contributed by atoms with E-state index in [4.69, 9.17) is 23.2 Å². The van der Waals surface area contributed by atoms with Crippen LogP contribution in [0.15, 0.2) is 23.1 Å². The van der Waals surface area contributed by atoms with E-state index < -0.39 is 10.0 Å². The molecule has 0 radical (unpaired) electrons. The summed E-state index contributed by atoms with van der Waals surface area (Å²) in [5, 5.41) is 3.83. The maximum absolute atomic E-state index is 12.2. The van der Waals surface area contributed by atoms with Gasteiger partial charge in [0.2, 0.25) is 10.0 Å². The summed E-state index contributed by atoms with van der Waals surface area (Å²) in [4.78, 5) is 2.39. The SMILES string of the molecule is Cl.Cl.O=S(=O)(NCCCN1CCNCC1)c1ccc(Cl)cc1Cl. The lowest BCUT2D eigenvalue weighted by Gasteiger charge is -2.27. The minimum absolute atomic E-state index is 0. The van der Waals surface area contributed by atoms with Crippen LogP contribution in [0.1, 0.15) is 6.42 Å². The first kappa shape index (κ1) is 23.2. The van der Waals surface area contributed by atoms with Crippen LogP contribution in [-0.2, 0) is 10.0 Å². The summed E-state index contributed by atoms with van der Waals surface area (Å²) in [6, 6.07) is 4.37. The Morgan fingerprint density at radius 2 is 1.83 bits per heavy atom. The van der Waals surface area contributed by atoms with E-state index in [1.165, 1.54) is 18.2 Å². The Labute approximate surface area is 160 Å². The number of hydrogen-bond donors (Lipinski definition) is 2. The van der Waals surface area contributed by atoms with Crippen molar-refractivity contribution in [3.05, 3.63) is 28.2 Å². The summed E-state index contributed by atoms with van der Waals surface area (Å²) in [5.41, 5.74) is 0. The van der Waals surface area contributed by atoms with Crippen molar-refractivity contribution in [3.63, 3.8) is 0 Å². The second-order valence-corrected chi connectivity index (χ2v) is 7.50. The number of benzene rings is 1. The lowest BCUT2D eigenvalue weighted by atomic mass is 10.3. The van der Waals surface area contributed by atoms with Gasteiger partial charge in [0.05, 0.1) is 5.02 Å². The van der Waals surface area contributed by atoms with Gasteiger partial charge in [0, 0.05) is 37.7 Å². The molecule has 0 unspecified atom stereocenters. The average Bonchev–Trinajstić information content (AvgIpc) is 2.44. The van der Waals surface area contributed by atoms with Crippen LogP contribution in [0.5, 0.6) is 0 Å². The predicted molar refractivity (Wildman–Crippen MR) is 100 cm³/mol. The standard InChI is InChI=1S/C13H19Cl2N3O2S.2ClH/c14-11-2-3-13(12(15)10-11)21(19,20)17-4-1-7-18-8-5-16-6-9-18;;/h2-3,10,16-17H,1,4-9H2;2*1H. The topological polar surface area (TPSA) is 61.4 Å². The maximum Gasteiger partial charge on any atom is 0.242 e. The van der Waals surface area contributed by atoms with Crippen molar-refractivity contribution in [1.82, 2.24) is 14.9 Å². The first-order valence-corrected chi connectivity index (χ1v) is 9.11. The highest BCUT2D eigenvalue weighted by atomic mass is 35.5. The maximum atomic E-state index is 12.2. The molecule has 1 heterocycles. The van der Waals surface area contributed by atoms with Gasteiger partial charge in [-0.2, -0.15) is 0 Å². The molecule has 0 aliphatic carbocycles. The molecule has 1 fully saturated rings. The lowest BCUT2D eigenvalue weighted by Crippen LogP contribution is -2.44. The van der Waals surface area contributed by atoms with Gasteiger partial charge in [-0.15, -0.1) is 24.8 Å². The molecule has 1 aromatic rings. The Hall–Kier alpha value is 0.210. The molecule has 1 aliphatic rings. The predicted octanol–water partition coefficient (Wildman–Crippen LogP) is 2.41. The summed E-state index contributed by atoms with van der Waals surface area (Å²) in [6.07, 6.45) is 0.768. The van der Waals surface area contributed by atoms with E-state index in [9.17, 15) is 8.42 Å². The van der Waals surface area contributed by atoms with E-state index in [1.807, 2.05) is 0 Å². The van der Waals surface area contributed by atoms with E-state index in [2.05, 4.69) is 14.9 Å². The van der Waals surface area contributed by atoms with E-state index >= 15 is 0 Å². The van der Waals surface area contributed by atoms with Gasteiger partial charge in [-0.3, -0.25) is 0 Å². The summed E-state index contributed by atoms with van der Waals surface area (Å²) in [5.74, 6) is 0. The molecule has 0 saturated carbocycles. The molecule has 0 bridgehead atoms. The van der Waals surface area contributed by atoms with E-state index in [0.717, 1.165) is 39.1 Å². The Bertz CT molecular complexity index is 581. The largest absolute Gasteiger partial charge is 0.314 e. The summed E-state index contributed by atoms with van der Waals surface area (Å²) >= 11 is 11.7. The highest BCUT2D eigenvalue weighted by Crippen LogP contribution is 2.24. The molecule has 0 aromatic heterocycles. The third-order valence-corrected chi connectivity index (χ3v) is 5.52. The molecule has 10 heteroatoms. The molecule has 5 nitrogen and oxygen atoms in total. The zero-order chi connectivity index (χ0) is 15.3. The van der Waals surface area contributed by atoms with Crippen LogP contribution in [0.25, 0.3) is 0 Å². The van der Waals surface area contributed by atoms with Gasteiger partial charge in [-0.1, -0.05) is 23.2 Å². The molecule has 0 amide bonds. The van der Waals surface area contributed by atoms with Crippen molar-refractivity contribution in [1.29, 1.82) is 0 Å². The first-order chi connectivity index (χ1) is 9.99. The Morgan fingerprint density at radius 3 is 2.43 bits per heavy atom. The highest BCUT2D eigenvalue weighted by molar-refractivity contribution is 7.89. The van der Waals surface area contributed by atoms with Crippen molar-refractivity contribution < 1.29 is 8.42 Å². The summed E-state index contributed by atoms with van der Waals surface area (Å²) in [6.45, 7) is 5.29. The quantitative estimate of drug-likeness (QED) is 0.688. The van der Waals surface area contributed by atoms with Crippen molar-refractivity contribution in [2.24, 2.45) is 0 Å². The van der Waals surface area contributed by atoms with Crippen LogP contribution in [0.3, 0.4) is 0 Å². The minimum Gasteiger partial charge on any atom is -0.314 e. The summed E-state index contributed by atoms with van der Waals surface area (Å²) < 4.78 is 26.9. The Balaban J connectivity index is 0.00000242. The number of sulfonamides is 1. The van der Waals surface area contributed by atoms with Crippen molar-refractivity contribution in [3.8, 4) is 0 Å². The molecular weight excluding hydrogens is 404 g/mol. The first-order valence-electron chi connectivity index (χ1n) is 6.87. The number of hydrogen-bond acceptors (Lipinski definition) is 4. The molecular formula is C13H21Cl4N3O2S. The van der Waals surface area contributed by atoms with E-state index in [0.29, 0.717) is 11.6 Å². The van der Waals surface area contributed by atoms with Crippen LogP contribution in [0.4, 0.5) is 0 Å². The van der Waals surface area contributed by atoms with Crippen molar-refractivity contribution >= 4 is 58.0 Å². The molecule has 23 heavy (non-hydrogen) atoms. The monoisotopic (exact) mass is 423 g/mol.